The molecule has 5 N–H and O–H groups in total. The van der Waals surface area contributed by atoms with Crippen LogP contribution in [0.25, 0.3) is 0 Å². The Morgan fingerprint density at radius 2 is 0.704 bits per heavy atom. The van der Waals surface area contributed by atoms with Crippen molar-refractivity contribution in [3.8, 4) is 17.2 Å². The Kier molecular flexibility index (Phi) is 13.1. The van der Waals surface area contributed by atoms with E-state index in [2.05, 4.69) is 0 Å². The lowest BCUT2D eigenvalue weighted by Gasteiger charge is -2.26. The van der Waals surface area contributed by atoms with Crippen molar-refractivity contribution < 1.29 is 15.3 Å². The van der Waals surface area contributed by atoms with E-state index in [4.69, 9.17) is 30.7 Å². The van der Waals surface area contributed by atoms with Crippen molar-refractivity contribution in [2.75, 3.05) is 0 Å². The van der Waals surface area contributed by atoms with Crippen LogP contribution in [0, 0.1) is 27.7 Å². The van der Waals surface area contributed by atoms with Crippen LogP contribution in [0.5, 0.6) is 17.2 Å². The zero-order valence-corrected chi connectivity index (χ0v) is 32.5. The van der Waals surface area contributed by atoms with Crippen LogP contribution in [0.15, 0.2) is 61.4 Å². The van der Waals surface area contributed by atoms with Gasteiger partial charge in [-0.1, -0.05) is 44.6 Å². The van der Waals surface area contributed by atoms with Crippen LogP contribution in [0.2, 0.25) is 0 Å². The molecule has 286 valence electrons. The molecule has 9 nitrogen and oxygen atoms in total. The van der Waals surface area contributed by atoms with Gasteiger partial charge in [-0.05, 0) is 119 Å². The molecular weight excluding hydrogens is 673 g/mol. The standard InChI is InChI=1S/C45H58N6O3/c1-28-17-31(4)43(52)32(18-28)23-48-39-13-7-8-14-40(39)49-26-35-21-30(3)22-36(45(35)54)27-51-42-16-10-9-15-41(42)50-25-34-20-29(2)19-33(44(34)53)24-47-38-12-6-5-11-37(38)46/h17-27,37-42,52-54H,5-16,46H2,1-4H3. The van der Waals surface area contributed by atoms with Gasteiger partial charge in [-0.25, -0.2) is 0 Å². The van der Waals surface area contributed by atoms with E-state index in [0.717, 1.165) is 105 Å². The van der Waals surface area contributed by atoms with E-state index in [1.165, 1.54) is 0 Å². The van der Waals surface area contributed by atoms with Crippen molar-refractivity contribution in [2.24, 2.45) is 30.7 Å². The average molecular weight is 731 g/mol. The Labute approximate surface area is 321 Å². The van der Waals surface area contributed by atoms with Gasteiger partial charge in [-0.2, -0.15) is 0 Å². The van der Waals surface area contributed by atoms with Crippen LogP contribution in [-0.4, -0.2) is 82.6 Å². The second-order valence-corrected chi connectivity index (χ2v) is 15.8. The number of hydrogen-bond acceptors (Lipinski definition) is 9. The van der Waals surface area contributed by atoms with Gasteiger partial charge in [0.1, 0.15) is 17.2 Å². The van der Waals surface area contributed by atoms with E-state index in [1.807, 2.05) is 64.1 Å². The summed E-state index contributed by atoms with van der Waals surface area (Å²) < 4.78 is 0. The molecule has 3 aliphatic rings. The smallest absolute Gasteiger partial charge is 0.133 e. The average Bonchev–Trinajstić information content (AvgIpc) is 3.16. The van der Waals surface area contributed by atoms with Crippen molar-refractivity contribution >= 4 is 31.1 Å². The van der Waals surface area contributed by atoms with Crippen LogP contribution in [0.1, 0.15) is 127 Å². The van der Waals surface area contributed by atoms with Gasteiger partial charge in [0.15, 0.2) is 0 Å². The summed E-state index contributed by atoms with van der Waals surface area (Å²) in [6.45, 7) is 7.96. The zero-order valence-electron chi connectivity index (χ0n) is 32.5. The number of benzene rings is 3. The van der Waals surface area contributed by atoms with E-state index in [9.17, 15) is 15.3 Å². The summed E-state index contributed by atoms with van der Waals surface area (Å²) in [5.74, 6) is 0.610. The van der Waals surface area contributed by atoms with E-state index < -0.39 is 0 Å². The van der Waals surface area contributed by atoms with Crippen molar-refractivity contribution in [2.45, 2.75) is 141 Å². The van der Waals surface area contributed by atoms with E-state index in [-0.39, 0.29) is 53.5 Å². The number of hydrogen-bond donors (Lipinski definition) is 4. The molecule has 3 aromatic rings. The molecule has 3 aromatic carbocycles. The first-order valence-corrected chi connectivity index (χ1v) is 19.9. The molecule has 6 atom stereocenters. The first kappa shape index (κ1) is 39.1. The summed E-state index contributed by atoms with van der Waals surface area (Å²) in [5, 5.41) is 33.2. The zero-order chi connectivity index (χ0) is 38.2. The molecule has 0 heterocycles. The van der Waals surface area contributed by atoms with Crippen LogP contribution < -0.4 is 5.73 Å². The van der Waals surface area contributed by atoms with Crippen molar-refractivity contribution in [1.82, 2.24) is 0 Å². The van der Waals surface area contributed by atoms with Crippen molar-refractivity contribution in [1.29, 1.82) is 0 Å². The van der Waals surface area contributed by atoms with Gasteiger partial charge in [0, 0.05) is 64.9 Å². The Hall–Kier alpha value is -4.63. The fourth-order valence-electron chi connectivity index (χ4n) is 8.24. The maximum Gasteiger partial charge on any atom is 0.133 e. The number of nitrogens with two attached hydrogens (primary N) is 1. The van der Waals surface area contributed by atoms with Gasteiger partial charge >= 0.3 is 0 Å². The third-order valence-corrected chi connectivity index (χ3v) is 11.3. The minimum absolute atomic E-state index is 0.00710. The van der Waals surface area contributed by atoms with E-state index in [0.29, 0.717) is 22.3 Å². The van der Waals surface area contributed by atoms with Gasteiger partial charge in [0.2, 0.25) is 0 Å². The predicted molar refractivity (Wildman–Crippen MR) is 224 cm³/mol. The number of phenolic OH excluding ortho intramolecular Hbond substituents is 3. The fraction of sp³-hybridized carbons (Fsp3) is 0.489. The summed E-state index contributed by atoms with van der Waals surface area (Å²) in [6.07, 6.45) is 21.2. The molecule has 6 rings (SSSR count). The number of rotatable bonds is 10. The Bertz CT molecular complexity index is 1930. The molecule has 3 fully saturated rings. The SMILES string of the molecule is Cc1cc(C)c(O)c(C=NC2CCCCC2N=Cc2cc(C)cc(C=NC3CCCCC3N=Cc3cc(C)cc(C=NC4CCCCC4N)c3O)c2O)c1. The lowest BCUT2D eigenvalue weighted by molar-refractivity contribution is 0.387. The minimum Gasteiger partial charge on any atom is -0.507 e. The highest BCUT2D eigenvalue weighted by Crippen LogP contribution is 2.30. The first-order valence-electron chi connectivity index (χ1n) is 19.9. The largest absolute Gasteiger partial charge is 0.507 e. The Morgan fingerprint density at radius 3 is 1.06 bits per heavy atom. The lowest BCUT2D eigenvalue weighted by atomic mass is 9.91. The number of aliphatic imine (C=N–C) groups is 5. The number of nitrogens with zero attached hydrogens (tertiary/aromatic N) is 5. The predicted octanol–water partition coefficient (Wildman–Crippen LogP) is 8.42. The minimum atomic E-state index is -0.0368. The highest BCUT2D eigenvalue weighted by molar-refractivity contribution is 5.93. The van der Waals surface area contributed by atoms with Crippen LogP contribution in [-0.2, 0) is 0 Å². The van der Waals surface area contributed by atoms with Crippen molar-refractivity contribution in [3.63, 3.8) is 0 Å². The van der Waals surface area contributed by atoms with Gasteiger partial charge in [-0.15, -0.1) is 0 Å². The number of aromatic hydroxyl groups is 3. The molecule has 0 aromatic heterocycles. The summed E-state index contributed by atoms with van der Waals surface area (Å²) in [6, 6.07) is 11.8. The normalized spacial score (nSPS) is 25.6. The fourth-order valence-corrected chi connectivity index (χ4v) is 8.24. The molecule has 0 spiro atoms. The van der Waals surface area contributed by atoms with Crippen LogP contribution in [0.3, 0.4) is 0 Å². The van der Waals surface area contributed by atoms with Gasteiger partial charge < -0.3 is 21.1 Å². The second kappa shape index (κ2) is 18.1. The molecule has 0 amide bonds. The summed E-state index contributed by atoms with van der Waals surface area (Å²) in [5.41, 5.74) is 13.7. The van der Waals surface area contributed by atoms with Crippen LogP contribution >= 0.6 is 0 Å². The molecular formula is C45H58N6O3. The molecule has 0 bridgehead atoms. The van der Waals surface area contributed by atoms with Gasteiger partial charge in [0.05, 0.1) is 30.2 Å². The topological polar surface area (TPSA) is 149 Å². The summed E-state index contributed by atoms with van der Waals surface area (Å²) >= 11 is 0. The quantitative estimate of drug-likeness (QED) is 0.155. The molecule has 0 saturated heterocycles. The number of phenols is 3. The third kappa shape index (κ3) is 9.91. The monoisotopic (exact) mass is 730 g/mol. The number of aryl methyl sites for hydroxylation is 4. The first-order chi connectivity index (χ1) is 26.0. The summed E-state index contributed by atoms with van der Waals surface area (Å²) in [4.78, 5) is 24.6. The second-order valence-electron chi connectivity index (χ2n) is 15.8. The summed E-state index contributed by atoms with van der Waals surface area (Å²) in [7, 11) is 0. The maximum atomic E-state index is 11.4. The third-order valence-electron chi connectivity index (χ3n) is 11.3. The van der Waals surface area contributed by atoms with E-state index in [1.54, 1.807) is 31.1 Å². The van der Waals surface area contributed by atoms with Crippen LogP contribution in [0.4, 0.5) is 0 Å². The van der Waals surface area contributed by atoms with Gasteiger partial charge in [-0.3, -0.25) is 25.0 Å². The highest BCUT2D eigenvalue weighted by atomic mass is 16.3. The molecule has 6 unspecified atom stereocenters. The van der Waals surface area contributed by atoms with Gasteiger partial charge in [0.25, 0.3) is 0 Å². The van der Waals surface area contributed by atoms with E-state index >= 15 is 0 Å². The maximum absolute atomic E-state index is 11.4. The molecule has 0 aliphatic heterocycles. The molecule has 54 heavy (non-hydrogen) atoms. The highest BCUT2D eigenvalue weighted by Gasteiger charge is 2.25. The molecule has 9 heteroatoms. The molecule has 0 radical (unpaired) electrons. The molecule has 3 aliphatic carbocycles. The lowest BCUT2D eigenvalue weighted by Crippen LogP contribution is -2.36. The van der Waals surface area contributed by atoms with Crippen molar-refractivity contribution in [3.05, 3.63) is 86.5 Å². The Morgan fingerprint density at radius 1 is 0.426 bits per heavy atom. The Balaban J connectivity index is 1.16. The molecule has 3 saturated carbocycles.